The second kappa shape index (κ2) is 9.32. The van der Waals surface area contributed by atoms with Crippen molar-refractivity contribution in [3.8, 4) is 0 Å². The van der Waals surface area contributed by atoms with Crippen molar-refractivity contribution < 1.29 is 32.6 Å². The molecule has 30 heavy (non-hydrogen) atoms. The zero-order valence-electron chi connectivity index (χ0n) is 17.8. The molecule has 1 saturated carbocycles. The molecule has 1 fully saturated rings. The van der Waals surface area contributed by atoms with Gasteiger partial charge in [-0.2, -0.15) is 0 Å². The number of esters is 1. The van der Waals surface area contributed by atoms with Crippen LogP contribution in [-0.2, 0) is 24.3 Å². The third-order valence-corrected chi connectivity index (χ3v) is 6.10. The van der Waals surface area contributed by atoms with Gasteiger partial charge in [-0.25, -0.2) is 17.9 Å². The van der Waals surface area contributed by atoms with Crippen LogP contribution in [0.3, 0.4) is 0 Å². The standard InChI is InChI=1S/C20H30N2O7S/c1-6-28-18(24)14-11-15(23)17(16(14)21-19(25)29-20(3,4)5)22-30(26,27)13-9-7-12(2)8-10-13/h7-10,14-17,22-23H,6,11H2,1-5H3,(H,21,25)/t14-,15-,16-,17+/m1/s1. The first-order valence-electron chi connectivity index (χ1n) is 9.77. The number of ether oxygens (including phenoxy) is 2. The average Bonchev–Trinajstić information content (AvgIpc) is 2.89. The molecule has 3 N–H and O–H groups in total. The fraction of sp³-hybridized carbons (Fsp3) is 0.600. The Labute approximate surface area is 177 Å². The molecule has 1 aliphatic rings. The van der Waals surface area contributed by atoms with Crippen molar-refractivity contribution in [3.05, 3.63) is 29.8 Å². The molecule has 10 heteroatoms. The van der Waals surface area contributed by atoms with E-state index in [1.54, 1.807) is 39.8 Å². The van der Waals surface area contributed by atoms with Crippen molar-refractivity contribution in [1.29, 1.82) is 0 Å². The van der Waals surface area contributed by atoms with E-state index in [1.165, 1.54) is 12.1 Å². The van der Waals surface area contributed by atoms with Crippen LogP contribution in [0.1, 0.15) is 39.7 Å². The van der Waals surface area contributed by atoms with Crippen molar-refractivity contribution in [2.24, 2.45) is 5.92 Å². The fourth-order valence-corrected chi connectivity index (χ4v) is 4.58. The molecule has 2 rings (SSSR count). The Morgan fingerprint density at radius 2 is 1.77 bits per heavy atom. The summed E-state index contributed by atoms with van der Waals surface area (Å²) >= 11 is 0. The van der Waals surface area contributed by atoms with Gasteiger partial charge < -0.3 is 19.9 Å². The van der Waals surface area contributed by atoms with Crippen molar-refractivity contribution >= 4 is 22.1 Å². The maximum atomic E-state index is 12.8. The molecule has 9 nitrogen and oxygen atoms in total. The molecule has 1 aromatic rings. The van der Waals surface area contributed by atoms with Gasteiger partial charge in [0.2, 0.25) is 10.0 Å². The van der Waals surface area contributed by atoms with E-state index < -0.39 is 51.8 Å². The first-order valence-corrected chi connectivity index (χ1v) is 11.3. The lowest BCUT2D eigenvalue weighted by molar-refractivity contribution is -0.148. The Kier molecular flexibility index (Phi) is 7.49. The smallest absolute Gasteiger partial charge is 0.407 e. The Morgan fingerprint density at radius 3 is 2.30 bits per heavy atom. The van der Waals surface area contributed by atoms with Gasteiger partial charge in [-0.1, -0.05) is 17.7 Å². The van der Waals surface area contributed by atoms with Gasteiger partial charge in [0.15, 0.2) is 0 Å². The van der Waals surface area contributed by atoms with Gasteiger partial charge in [0.05, 0.1) is 35.6 Å². The number of hydrogen-bond donors (Lipinski definition) is 3. The van der Waals surface area contributed by atoms with Crippen molar-refractivity contribution in [2.75, 3.05) is 6.61 Å². The zero-order valence-corrected chi connectivity index (χ0v) is 18.7. The van der Waals surface area contributed by atoms with Gasteiger partial charge in [0.1, 0.15) is 5.60 Å². The SMILES string of the molecule is CCOC(=O)[C@@H]1C[C@@H](O)[C@H](NS(=O)(=O)c2ccc(C)cc2)[C@@H]1NC(=O)OC(C)(C)C. The van der Waals surface area contributed by atoms with Gasteiger partial charge in [-0.15, -0.1) is 0 Å². The Hall–Kier alpha value is -2.17. The summed E-state index contributed by atoms with van der Waals surface area (Å²) in [5.74, 6) is -1.56. The predicted octanol–water partition coefficient (Wildman–Crippen LogP) is 1.48. The molecule has 0 heterocycles. The third kappa shape index (κ3) is 6.16. The van der Waals surface area contributed by atoms with Gasteiger partial charge >= 0.3 is 12.1 Å². The highest BCUT2D eigenvalue weighted by Gasteiger charge is 2.49. The summed E-state index contributed by atoms with van der Waals surface area (Å²) in [5, 5.41) is 13.1. The minimum atomic E-state index is -4.01. The number of nitrogens with one attached hydrogen (secondary N) is 2. The van der Waals surface area contributed by atoms with E-state index in [1.807, 2.05) is 6.92 Å². The summed E-state index contributed by atoms with van der Waals surface area (Å²) < 4.78 is 38.4. The molecule has 0 bridgehead atoms. The van der Waals surface area contributed by atoms with Crippen LogP contribution in [0.15, 0.2) is 29.2 Å². The van der Waals surface area contributed by atoms with Crippen LogP contribution in [0.5, 0.6) is 0 Å². The van der Waals surface area contributed by atoms with Crippen molar-refractivity contribution in [2.45, 2.75) is 69.7 Å². The summed E-state index contributed by atoms with van der Waals surface area (Å²) in [6, 6.07) is 4.00. The monoisotopic (exact) mass is 442 g/mol. The topological polar surface area (TPSA) is 131 Å². The summed E-state index contributed by atoms with van der Waals surface area (Å²) in [4.78, 5) is 24.7. The van der Waals surface area contributed by atoms with Crippen LogP contribution in [0.2, 0.25) is 0 Å². The number of alkyl carbamates (subject to hydrolysis) is 1. The molecule has 0 spiro atoms. The number of sulfonamides is 1. The third-order valence-electron chi connectivity index (χ3n) is 4.63. The van der Waals surface area contributed by atoms with Gasteiger partial charge in [-0.3, -0.25) is 4.79 Å². The van der Waals surface area contributed by atoms with Crippen molar-refractivity contribution in [3.63, 3.8) is 0 Å². The molecule has 1 amide bonds. The molecule has 0 radical (unpaired) electrons. The molecular weight excluding hydrogens is 412 g/mol. The lowest BCUT2D eigenvalue weighted by Crippen LogP contribution is -2.55. The molecule has 4 atom stereocenters. The van der Waals surface area contributed by atoms with Gasteiger partial charge in [0, 0.05) is 0 Å². The summed E-state index contributed by atoms with van der Waals surface area (Å²) in [5.41, 5.74) is 0.0964. The Bertz CT molecular complexity index is 862. The Balaban J connectivity index is 2.30. The van der Waals surface area contributed by atoms with Crippen LogP contribution in [-0.4, -0.2) is 56.0 Å². The van der Waals surface area contributed by atoms with Crippen LogP contribution >= 0.6 is 0 Å². The second-order valence-electron chi connectivity index (χ2n) is 8.29. The number of rotatable bonds is 6. The van der Waals surface area contributed by atoms with Crippen LogP contribution in [0, 0.1) is 12.8 Å². The number of benzene rings is 1. The minimum Gasteiger partial charge on any atom is -0.466 e. The van der Waals surface area contributed by atoms with E-state index >= 15 is 0 Å². The number of amides is 1. The molecule has 1 aliphatic carbocycles. The van der Waals surface area contributed by atoms with E-state index in [0.29, 0.717) is 0 Å². The molecule has 168 valence electrons. The van der Waals surface area contributed by atoms with Crippen molar-refractivity contribution in [1.82, 2.24) is 10.0 Å². The molecule has 1 aromatic carbocycles. The van der Waals surface area contributed by atoms with Crippen LogP contribution in [0.25, 0.3) is 0 Å². The number of aliphatic hydroxyl groups is 1. The highest BCUT2D eigenvalue weighted by atomic mass is 32.2. The van der Waals surface area contributed by atoms with E-state index in [2.05, 4.69) is 10.0 Å². The minimum absolute atomic E-state index is 0.0101. The maximum absolute atomic E-state index is 12.8. The van der Waals surface area contributed by atoms with Crippen LogP contribution in [0.4, 0.5) is 4.79 Å². The molecule has 0 aliphatic heterocycles. The van der Waals surface area contributed by atoms with E-state index in [9.17, 15) is 23.1 Å². The number of carbonyl (C=O) groups excluding carboxylic acids is 2. The van der Waals surface area contributed by atoms with E-state index in [4.69, 9.17) is 9.47 Å². The normalized spacial score (nSPS) is 24.3. The highest BCUT2D eigenvalue weighted by molar-refractivity contribution is 7.89. The first kappa shape index (κ1) is 24.1. The summed E-state index contributed by atoms with van der Waals surface area (Å²) in [6.07, 6.45) is -2.10. The largest absolute Gasteiger partial charge is 0.466 e. The second-order valence-corrected chi connectivity index (χ2v) is 10.0. The highest BCUT2D eigenvalue weighted by Crippen LogP contribution is 2.30. The summed E-state index contributed by atoms with van der Waals surface area (Å²) in [6.45, 7) is 8.61. The molecule has 0 aromatic heterocycles. The quantitative estimate of drug-likeness (QED) is 0.569. The summed E-state index contributed by atoms with van der Waals surface area (Å²) in [7, 11) is -4.01. The van der Waals surface area contributed by atoms with Crippen LogP contribution < -0.4 is 10.0 Å². The average molecular weight is 443 g/mol. The zero-order chi connectivity index (χ0) is 22.7. The van der Waals surface area contributed by atoms with Gasteiger partial charge in [0.25, 0.3) is 0 Å². The lowest BCUT2D eigenvalue weighted by atomic mass is 10.0. The number of aliphatic hydroxyl groups excluding tert-OH is 1. The molecule has 0 saturated heterocycles. The Morgan fingerprint density at radius 1 is 1.17 bits per heavy atom. The predicted molar refractivity (Wildman–Crippen MR) is 109 cm³/mol. The molecular formula is C20H30N2O7S. The number of aryl methyl sites for hydroxylation is 1. The maximum Gasteiger partial charge on any atom is 0.407 e. The fourth-order valence-electron chi connectivity index (χ4n) is 3.29. The molecule has 0 unspecified atom stereocenters. The number of hydrogen-bond acceptors (Lipinski definition) is 7. The van der Waals surface area contributed by atoms with E-state index in [0.717, 1.165) is 5.56 Å². The van der Waals surface area contributed by atoms with Gasteiger partial charge in [-0.05, 0) is 53.2 Å². The first-order chi connectivity index (χ1) is 13.8. The van der Waals surface area contributed by atoms with E-state index in [-0.39, 0.29) is 17.9 Å². The lowest BCUT2D eigenvalue weighted by Gasteiger charge is -2.28. The number of carbonyl (C=O) groups is 2.